The Hall–Kier alpha value is -2.43. The summed E-state index contributed by atoms with van der Waals surface area (Å²) < 4.78 is 0. The quantitative estimate of drug-likeness (QED) is 0.661. The van der Waals surface area contributed by atoms with Gasteiger partial charge < -0.3 is 10.0 Å². The monoisotopic (exact) mass is 322 g/mol. The molecule has 1 aromatic rings. The molecular weight excluding hydrogens is 304 g/mol. The molecule has 4 atom stereocenters. The van der Waals surface area contributed by atoms with Crippen LogP contribution in [0.5, 0.6) is 0 Å². The predicted molar refractivity (Wildman–Crippen MR) is 91.0 cm³/mol. The number of hydrogen-bond acceptors (Lipinski definition) is 4. The molecular formula is C19H18N2O3. The Balaban J connectivity index is 1.85. The number of nitroso groups, excluding NO2 is 1. The largest absolute Gasteiger partial charge is 0.478 e. The molecule has 0 amide bonds. The number of nitrogens with zero attached hydrogens (tertiary/aromatic N) is 2. The van der Waals surface area contributed by atoms with E-state index in [9.17, 15) is 14.8 Å². The lowest BCUT2D eigenvalue weighted by Gasteiger charge is -2.46. The second-order valence-electron chi connectivity index (χ2n) is 7.32. The van der Waals surface area contributed by atoms with E-state index >= 15 is 0 Å². The molecule has 0 saturated heterocycles. The van der Waals surface area contributed by atoms with Crippen LogP contribution >= 0.6 is 0 Å². The van der Waals surface area contributed by atoms with Crippen LogP contribution in [-0.2, 0) is 0 Å². The number of anilines is 1. The summed E-state index contributed by atoms with van der Waals surface area (Å²) in [4.78, 5) is 25.7. The van der Waals surface area contributed by atoms with Gasteiger partial charge in [0.1, 0.15) is 5.69 Å². The minimum absolute atomic E-state index is 0.0816. The van der Waals surface area contributed by atoms with E-state index in [1.54, 1.807) is 6.07 Å². The summed E-state index contributed by atoms with van der Waals surface area (Å²) in [5, 5.41) is 12.9. The van der Waals surface area contributed by atoms with E-state index in [0.29, 0.717) is 11.8 Å². The molecule has 0 saturated carbocycles. The molecule has 5 nitrogen and oxygen atoms in total. The van der Waals surface area contributed by atoms with Gasteiger partial charge in [-0.15, -0.1) is 4.91 Å². The van der Waals surface area contributed by atoms with Crippen LogP contribution in [0.2, 0.25) is 0 Å². The van der Waals surface area contributed by atoms with Crippen molar-refractivity contribution in [3.8, 4) is 0 Å². The number of aromatic carboxylic acids is 1. The van der Waals surface area contributed by atoms with Crippen LogP contribution in [0.25, 0.3) is 0 Å². The molecule has 2 aliphatic carbocycles. The third-order valence-corrected chi connectivity index (χ3v) is 6.16. The zero-order valence-electron chi connectivity index (χ0n) is 13.2. The van der Waals surface area contributed by atoms with E-state index in [-0.39, 0.29) is 23.1 Å². The van der Waals surface area contributed by atoms with Gasteiger partial charge in [0.2, 0.25) is 0 Å². The summed E-state index contributed by atoms with van der Waals surface area (Å²) >= 11 is 0. The van der Waals surface area contributed by atoms with Crippen LogP contribution in [0.15, 0.2) is 35.5 Å². The molecule has 1 N–H and O–H groups in total. The molecule has 122 valence electrons. The highest BCUT2D eigenvalue weighted by Crippen LogP contribution is 2.55. The average Bonchev–Trinajstić information content (AvgIpc) is 3.22. The van der Waals surface area contributed by atoms with E-state index in [2.05, 4.69) is 34.4 Å². The smallest absolute Gasteiger partial charge is 0.338 e. The lowest BCUT2D eigenvalue weighted by atomic mass is 9.73. The summed E-state index contributed by atoms with van der Waals surface area (Å²) in [7, 11) is 0. The van der Waals surface area contributed by atoms with E-state index < -0.39 is 5.97 Å². The van der Waals surface area contributed by atoms with Crippen molar-refractivity contribution in [1.29, 1.82) is 0 Å². The second-order valence-corrected chi connectivity index (χ2v) is 7.32. The van der Waals surface area contributed by atoms with Crippen molar-refractivity contribution in [3.05, 3.63) is 52.0 Å². The third kappa shape index (κ3) is 1.67. The molecule has 0 unspecified atom stereocenters. The molecule has 24 heavy (non-hydrogen) atoms. The number of carboxylic acids is 1. The van der Waals surface area contributed by atoms with Gasteiger partial charge in [-0.05, 0) is 47.0 Å². The van der Waals surface area contributed by atoms with Crippen LogP contribution < -0.4 is 4.90 Å². The fourth-order valence-corrected chi connectivity index (χ4v) is 5.22. The second kappa shape index (κ2) is 4.79. The Morgan fingerprint density at radius 1 is 1.12 bits per heavy atom. The highest BCUT2D eigenvalue weighted by molar-refractivity contribution is 5.99. The first-order valence-electron chi connectivity index (χ1n) is 8.54. The van der Waals surface area contributed by atoms with Gasteiger partial charge in [-0.3, -0.25) is 0 Å². The van der Waals surface area contributed by atoms with Crippen molar-refractivity contribution in [2.24, 2.45) is 17.0 Å². The number of fused-ring (bicyclic) bond motifs is 4. The van der Waals surface area contributed by atoms with Crippen molar-refractivity contribution in [1.82, 2.24) is 0 Å². The normalized spacial score (nSPS) is 31.6. The first kappa shape index (κ1) is 14.0. The maximum absolute atomic E-state index is 11.9. The number of allylic oxidation sites excluding steroid dienone is 4. The fraction of sp³-hybridized carbons (Fsp3) is 0.421. The Labute approximate surface area is 139 Å². The van der Waals surface area contributed by atoms with E-state index in [4.69, 9.17) is 0 Å². The van der Waals surface area contributed by atoms with Crippen molar-refractivity contribution >= 4 is 17.3 Å². The summed E-state index contributed by atoms with van der Waals surface area (Å²) in [5.74, 6) is 0.236. The first-order valence-corrected chi connectivity index (χ1v) is 8.54. The van der Waals surface area contributed by atoms with Gasteiger partial charge in [0, 0.05) is 30.6 Å². The maximum Gasteiger partial charge on any atom is 0.338 e. The highest BCUT2D eigenvalue weighted by Gasteiger charge is 2.45. The molecule has 0 spiro atoms. The van der Waals surface area contributed by atoms with Gasteiger partial charge >= 0.3 is 5.97 Å². The van der Waals surface area contributed by atoms with Crippen molar-refractivity contribution in [2.75, 3.05) is 18.0 Å². The Morgan fingerprint density at radius 2 is 1.79 bits per heavy atom. The van der Waals surface area contributed by atoms with Gasteiger partial charge in [-0.1, -0.05) is 24.3 Å². The van der Waals surface area contributed by atoms with Gasteiger partial charge in [0.05, 0.1) is 5.56 Å². The van der Waals surface area contributed by atoms with Crippen molar-refractivity contribution < 1.29 is 9.90 Å². The van der Waals surface area contributed by atoms with Crippen LogP contribution in [0, 0.1) is 16.7 Å². The molecule has 0 bridgehead atoms. The fourth-order valence-electron chi connectivity index (χ4n) is 5.22. The van der Waals surface area contributed by atoms with Crippen LogP contribution in [0.3, 0.4) is 0 Å². The lowest BCUT2D eigenvalue weighted by Crippen LogP contribution is -2.44. The number of rotatable bonds is 2. The van der Waals surface area contributed by atoms with Crippen LogP contribution in [0.4, 0.5) is 11.4 Å². The molecule has 2 heterocycles. The van der Waals surface area contributed by atoms with E-state index in [0.717, 1.165) is 42.7 Å². The number of carboxylic acid groups (broad SMARTS) is 1. The van der Waals surface area contributed by atoms with Gasteiger partial charge in [0.15, 0.2) is 0 Å². The van der Waals surface area contributed by atoms with Crippen molar-refractivity contribution in [2.45, 2.75) is 24.7 Å². The Kier molecular flexibility index (Phi) is 2.78. The number of benzene rings is 1. The minimum atomic E-state index is -1.05. The lowest BCUT2D eigenvalue weighted by molar-refractivity contribution is 0.0696. The molecule has 0 fully saturated rings. The summed E-state index contributed by atoms with van der Waals surface area (Å²) in [6.07, 6.45) is 10.7. The SMILES string of the molecule is O=Nc1cc2c3c(c1C(=O)O)[C@@H]1C=CC[C@@H]1CN3C[C@H]1CC=C[C@@H]21. The topological polar surface area (TPSA) is 70.0 Å². The molecule has 0 radical (unpaired) electrons. The predicted octanol–water partition coefficient (Wildman–Crippen LogP) is 3.94. The number of carbonyl (C=O) groups is 1. The Bertz CT molecular complexity index is 824. The van der Waals surface area contributed by atoms with E-state index in [1.165, 1.54) is 0 Å². The zero-order valence-corrected chi connectivity index (χ0v) is 13.2. The number of hydrogen-bond donors (Lipinski definition) is 1. The molecule has 0 aromatic heterocycles. The molecule has 5 rings (SSSR count). The standard InChI is InChI=1S/C19H18N2O3/c22-19(23)17-15(20-24)7-14-12-5-1-3-10(12)8-21-9-11-4-2-6-13(11)16(17)18(14)21/h1-2,5-7,10-13H,3-4,8-9H2,(H,22,23)/t10-,11-,12-,13-/m1/s1. The van der Waals surface area contributed by atoms with Crippen LogP contribution in [-0.4, -0.2) is 24.2 Å². The van der Waals surface area contributed by atoms with Crippen LogP contribution in [0.1, 0.15) is 46.2 Å². The first-order chi connectivity index (χ1) is 11.7. The molecule has 1 aromatic carbocycles. The van der Waals surface area contributed by atoms with Gasteiger partial charge in [-0.25, -0.2) is 4.79 Å². The highest BCUT2D eigenvalue weighted by atomic mass is 16.4. The summed E-state index contributed by atoms with van der Waals surface area (Å²) in [6, 6.07) is 1.73. The average molecular weight is 322 g/mol. The van der Waals surface area contributed by atoms with Gasteiger partial charge in [0.25, 0.3) is 0 Å². The minimum Gasteiger partial charge on any atom is -0.478 e. The zero-order chi connectivity index (χ0) is 16.4. The van der Waals surface area contributed by atoms with Crippen molar-refractivity contribution in [3.63, 3.8) is 0 Å². The van der Waals surface area contributed by atoms with E-state index in [1.807, 2.05) is 0 Å². The van der Waals surface area contributed by atoms with Gasteiger partial charge in [-0.2, -0.15) is 0 Å². The Morgan fingerprint density at radius 3 is 2.46 bits per heavy atom. The summed E-state index contributed by atoms with van der Waals surface area (Å²) in [6.45, 7) is 1.93. The third-order valence-electron chi connectivity index (χ3n) is 6.16. The maximum atomic E-state index is 11.9. The molecule has 5 heteroatoms. The summed E-state index contributed by atoms with van der Waals surface area (Å²) in [5.41, 5.74) is 3.15. The molecule has 2 aliphatic heterocycles. The molecule has 4 aliphatic rings.